The Morgan fingerprint density at radius 2 is 2.05 bits per heavy atom. The van der Waals surface area contributed by atoms with Crippen LogP contribution in [0.3, 0.4) is 0 Å². The summed E-state index contributed by atoms with van der Waals surface area (Å²) in [4.78, 5) is 12.9. The van der Waals surface area contributed by atoms with E-state index in [1.165, 1.54) is 0 Å². The molecule has 1 aromatic heterocycles. The van der Waals surface area contributed by atoms with Gasteiger partial charge < -0.3 is 4.74 Å². The molecule has 2 nitrogen and oxygen atoms in total. The first-order chi connectivity index (χ1) is 10.3. The van der Waals surface area contributed by atoms with Crippen molar-refractivity contribution in [1.29, 1.82) is 0 Å². The summed E-state index contributed by atoms with van der Waals surface area (Å²) >= 11 is 5.14. The predicted molar refractivity (Wildman–Crippen MR) is 88.5 cm³/mol. The Hall–Kier alpha value is -1.65. The maximum atomic E-state index is 12.9. The summed E-state index contributed by atoms with van der Waals surface area (Å²) in [6, 6.07) is 13.8. The van der Waals surface area contributed by atoms with E-state index in [0.29, 0.717) is 6.61 Å². The monoisotopic (exact) mass is 358 g/mol. The lowest BCUT2D eigenvalue weighted by Crippen LogP contribution is -2.13. The predicted octanol–water partition coefficient (Wildman–Crippen LogP) is 5.02. The van der Waals surface area contributed by atoms with Gasteiger partial charge in [-0.3, -0.25) is 4.79 Å². The normalized spacial score (nSPS) is 16.7. The summed E-state index contributed by atoms with van der Waals surface area (Å²) in [5.74, 6) is 0.777. The van der Waals surface area contributed by atoms with Gasteiger partial charge in [0.05, 0.1) is 5.92 Å². The van der Waals surface area contributed by atoms with Crippen molar-refractivity contribution in [2.24, 2.45) is 0 Å². The van der Waals surface area contributed by atoms with E-state index in [9.17, 15) is 4.79 Å². The average molecular weight is 359 g/mol. The summed E-state index contributed by atoms with van der Waals surface area (Å²) in [6.45, 7) is 0.434. The molecule has 1 unspecified atom stereocenters. The van der Waals surface area contributed by atoms with Gasteiger partial charge in [0, 0.05) is 31.1 Å². The smallest absolute Gasteiger partial charge is 0.175 e. The number of hydrogen-bond donors (Lipinski definition) is 0. The van der Waals surface area contributed by atoms with Crippen LogP contribution in [0, 0.1) is 0 Å². The van der Waals surface area contributed by atoms with Crippen molar-refractivity contribution in [1.82, 2.24) is 0 Å². The van der Waals surface area contributed by atoms with Crippen LogP contribution in [0.4, 0.5) is 0 Å². The molecular weight excluding hydrogens is 348 g/mol. The molecule has 0 spiro atoms. The Balaban J connectivity index is 1.80. The van der Waals surface area contributed by atoms with Crippen LogP contribution in [0.1, 0.15) is 21.8 Å². The molecule has 0 N–H and O–H groups in total. The lowest BCUT2D eigenvalue weighted by Gasteiger charge is -2.07. The van der Waals surface area contributed by atoms with Crippen LogP contribution in [0.5, 0.6) is 5.75 Å². The van der Waals surface area contributed by atoms with Gasteiger partial charge in [-0.2, -0.15) is 0 Å². The highest BCUT2D eigenvalue weighted by molar-refractivity contribution is 9.10. The minimum absolute atomic E-state index is 0.143. The number of benzene rings is 2. The van der Waals surface area contributed by atoms with Crippen LogP contribution >= 0.6 is 27.3 Å². The summed E-state index contributed by atoms with van der Waals surface area (Å²) in [5.41, 5.74) is 1.79. The van der Waals surface area contributed by atoms with Crippen molar-refractivity contribution in [3.63, 3.8) is 0 Å². The molecule has 0 amide bonds. The second-order valence-corrected chi connectivity index (χ2v) is 6.77. The average Bonchev–Trinajstić information content (AvgIpc) is 3.11. The Bertz CT molecular complexity index is 853. The third-order valence-electron chi connectivity index (χ3n) is 3.83. The zero-order valence-corrected chi connectivity index (χ0v) is 13.4. The molecule has 4 heteroatoms. The Morgan fingerprint density at radius 1 is 1.19 bits per heavy atom. The third-order valence-corrected chi connectivity index (χ3v) is 5.79. The lowest BCUT2D eigenvalue weighted by molar-refractivity contribution is 0.0949. The molecule has 0 saturated heterocycles. The molecule has 1 aliphatic heterocycles. The van der Waals surface area contributed by atoms with E-state index in [-0.39, 0.29) is 11.7 Å². The topological polar surface area (TPSA) is 26.3 Å². The SMILES string of the molecule is O=C(c1csc2c(Br)cccc12)C1COc2ccccc21. The maximum Gasteiger partial charge on any atom is 0.175 e. The highest BCUT2D eigenvalue weighted by atomic mass is 79.9. The van der Waals surface area contributed by atoms with E-state index in [2.05, 4.69) is 15.9 Å². The summed E-state index contributed by atoms with van der Waals surface area (Å²) in [6.07, 6.45) is 0. The summed E-state index contributed by atoms with van der Waals surface area (Å²) < 4.78 is 7.79. The standard InChI is InChI=1S/C17H11BrO2S/c18-14-6-3-5-11-13(9-21-17(11)14)16(19)12-8-20-15-7-2-1-4-10(12)15/h1-7,9,12H,8H2. The zero-order chi connectivity index (χ0) is 14.4. The van der Waals surface area contributed by atoms with Crippen molar-refractivity contribution in [2.75, 3.05) is 6.61 Å². The molecule has 0 fully saturated rings. The van der Waals surface area contributed by atoms with Crippen molar-refractivity contribution in [2.45, 2.75) is 5.92 Å². The second-order valence-electron chi connectivity index (χ2n) is 5.03. The summed E-state index contributed by atoms with van der Waals surface area (Å²) in [7, 11) is 0. The Labute approximate surface area is 134 Å². The molecule has 1 atom stereocenters. The number of thiophene rings is 1. The number of carbonyl (C=O) groups is 1. The van der Waals surface area contributed by atoms with Crippen LogP contribution in [0.25, 0.3) is 10.1 Å². The number of para-hydroxylation sites is 1. The fourth-order valence-corrected chi connectivity index (χ4v) is 4.39. The maximum absolute atomic E-state index is 12.9. The minimum Gasteiger partial charge on any atom is -0.492 e. The van der Waals surface area contributed by atoms with Gasteiger partial charge in [0.25, 0.3) is 0 Å². The van der Waals surface area contributed by atoms with Gasteiger partial charge >= 0.3 is 0 Å². The number of hydrogen-bond acceptors (Lipinski definition) is 3. The van der Waals surface area contributed by atoms with Gasteiger partial charge in [-0.15, -0.1) is 11.3 Å². The molecule has 2 aromatic carbocycles. The fraction of sp³-hybridized carbons (Fsp3) is 0.118. The highest BCUT2D eigenvalue weighted by Crippen LogP contribution is 2.39. The second kappa shape index (κ2) is 4.97. The van der Waals surface area contributed by atoms with Gasteiger partial charge in [-0.1, -0.05) is 30.3 Å². The molecule has 4 rings (SSSR count). The molecule has 2 heterocycles. The zero-order valence-electron chi connectivity index (χ0n) is 11.0. The molecule has 3 aromatic rings. The van der Waals surface area contributed by atoms with E-state index in [4.69, 9.17) is 4.74 Å². The van der Waals surface area contributed by atoms with Gasteiger partial charge in [0.15, 0.2) is 5.78 Å². The van der Waals surface area contributed by atoms with E-state index in [0.717, 1.165) is 31.4 Å². The van der Waals surface area contributed by atoms with E-state index in [1.807, 2.05) is 47.8 Å². The first-order valence-electron chi connectivity index (χ1n) is 6.67. The van der Waals surface area contributed by atoms with Crippen LogP contribution in [0.2, 0.25) is 0 Å². The van der Waals surface area contributed by atoms with Crippen LogP contribution in [0.15, 0.2) is 52.3 Å². The van der Waals surface area contributed by atoms with E-state index < -0.39 is 0 Å². The third kappa shape index (κ3) is 2.01. The molecule has 0 radical (unpaired) electrons. The lowest BCUT2D eigenvalue weighted by atomic mass is 9.92. The molecule has 0 bridgehead atoms. The van der Waals surface area contributed by atoms with Gasteiger partial charge in [0.1, 0.15) is 12.4 Å². The molecule has 0 saturated carbocycles. The Kier molecular flexibility index (Phi) is 3.08. The van der Waals surface area contributed by atoms with Gasteiger partial charge in [-0.05, 0) is 28.1 Å². The summed E-state index contributed by atoms with van der Waals surface area (Å²) in [5, 5.41) is 2.97. The number of ketones is 1. The molecule has 1 aliphatic rings. The van der Waals surface area contributed by atoms with Gasteiger partial charge in [-0.25, -0.2) is 0 Å². The number of carbonyl (C=O) groups excluding carboxylic acids is 1. The quantitative estimate of drug-likeness (QED) is 0.601. The van der Waals surface area contributed by atoms with Crippen LogP contribution in [-0.2, 0) is 0 Å². The molecular formula is C17H11BrO2S. The van der Waals surface area contributed by atoms with Crippen LogP contribution < -0.4 is 4.74 Å². The molecule has 0 aliphatic carbocycles. The van der Waals surface area contributed by atoms with Crippen molar-refractivity contribution < 1.29 is 9.53 Å². The van der Waals surface area contributed by atoms with Gasteiger partial charge in [0.2, 0.25) is 0 Å². The fourth-order valence-electron chi connectivity index (χ4n) is 2.78. The number of ether oxygens (including phenoxy) is 1. The van der Waals surface area contributed by atoms with Crippen LogP contribution in [-0.4, -0.2) is 12.4 Å². The minimum atomic E-state index is -0.196. The van der Waals surface area contributed by atoms with E-state index >= 15 is 0 Å². The largest absolute Gasteiger partial charge is 0.492 e. The number of rotatable bonds is 2. The number of fused-ring (bicyclic) bond motifs is 2. The highest BCUT2D eigenvalue weighted by Gasteiger charge is 2.31. The Morgan fingerprint density at radius 3 is 2.95 bits per heavy atom. The van der Waals surface area contributed by atoms with Crippen molar-refractivity contribution in [3.8, 4) is 5.75 Å². The van der Waals surface area contributed by atoms with Crippen molar-refractivity contribution >= 4 is 43.1 Å². The van der Waals surface area contributed by atoms with Crippen molar-refractivity contribution in [3.05, 3.63) is 63.4 Å². The molecule has 21 heavy (non-hydrogen) atoms. The number of halogens is 1. The first kappa shape index (κ1) is 13.0. The first-order valence-corrected chi connectivity index (χ1v) is 8.34. The molecule has 104 valence electrons. The van der Waals surface area contributed by atoms with E-state index in [1.54, 1.807) is 11.3 Å². The number of Topliss-reactive ketones (excluding diaryl/α,β-unsaturated/α-hetero) is 1.